The topological polar surface area (TPSA) is 67.9 Å². The molecule has 2 atom stereocenters. The van der Waals surface area contributed by atoms with Crippen LogP contribution >= 0.6 is 11.3 Å². The highest BCUT2D eigenvalue weighted by molar-refractivity contribution is 7.12. The van der Waals surface area contributed by atoms with Crippen LogP contribution in [0.3, 0.4) is 0 Å². The zero-order valence-electron chi connectivity index (χ0n) is 13.2. The van der Waals surface area contributed by atoms with Crippen LogP contribution < -0.4 is 5.32 Å². The van der Waals surface area contributed by atoms with Crippen LogP contribution in [0.2, 0.25) is 0 Å². The molecule has 1 saturated carbocycles. The maximum Gasteiger partial charge on any atom is 0.350 e. The van der Waals surface area contributed by atoms with Gasteiger partial charge in [0.1, 0.15) is 4.88 Å². The Morgan fingerprint density at radius 2 is 2.30 bits per heavy atom. The van der Waals surface area contributed by atoms with Gasteiger partial charge in [0.2, 0.25) is 5.91 Å². The van der Waals surface area contributed by atoms with Crippen LogP contribution in [0, 0.1) is 0 Å². The molecule has 1 aromatic heterocycles. The summed E-state index contributed by atoms with van der Waals surface area (Å²) in [6, 6.07) is 2.07. The highest BCUT2D eigenvalue weighted by Gasteiger charge is 2.35. The number of amides is 1. The predicted molar refractivity (Wildman–Crippen MR) is 87.9 cm³/mol. The highest BCUT2D eigenvalue weighted by Crippen LogP contribution is 2.29. The standard InChI is InChI=1S/C16H22N2O4S/c1-21-16(20)15-11(6-9-23-15)17-14(19)10-18-7-3-8-22-13-5-2-4-12(13)18/h6,9,12-13H,2-5,7-8,10H2,1H3,(H,17,19)/t12-,13+/m0/s1. The molecule has 2 heterocycles. The number of rotatable bonds is 4. The molecule has 1 aromatic rings. The molecule has 3 rings (SSSR count). The third-order valence-electron chi connectivity index (χ3n) is 4.47. The number of fused-ring (bicyclic) bond motifs is 1. The lowest BCUT2D eigenvalue weighted by atomic mass is 10.1. The molecule has 0 spiro atoms. The largest absolute Gasteiger partial charge is 0.465 e. The number of methoxy groups -OCH3 is 1. The monoisotopic (exact) mass is 338 g/mol. The van der Waals surface area contributed by atoms with Crippen LogP contribution in [-0.2, 0) is 14.3 Å². The number of hydrogen-bond acceptors (Lipinski definition) is 6. The summed E-state index contributed by atoms with van der Waals surface area (Å²) >= 11 is 1.27. The fourth-order valence-electron chi connectivity index (χ4n) is 3.42. The first kappa shape index (κ1) is 16.4. The van der Waals surface area contributed by atoms with E-state index in [1.54, 1.807) is 11.4 Å². The minimum Gasteiger partial charge on any atom is -0.465 e. The lowest BCUT2D eigenvalue weighted by Crippen LogP contribution is -2.44. The molecule has 1 N–H and O–H groups in total. The molecular formula is C16H22N2O4S. The molecule has 1 aliphatic heterocycles. The molecule has 6 nitrogen and oxygen atoms in total. The molecule has 2 aliphatic rings. The average molecular weight is 338 g/mol. The molecule has 126 valence electrons. The molecule has 23 heavy (non-hydrogen) atoms. The second kappa shape index (κ2) is 7.42. The number of carbonyl (C=O) groups is 2. The van der Waals surface area contributed by atoms with Gasteiger partial charge in [-0.1, -0.05) is 0 Å². The van der Waals surface area contributed by atoms with Gasteiger partial charge in [-0.3, -0.25) is 9.69 Å². The third kappa shape index (κ3) is 3.73. The van der Waals surface area contributed by atoms with E-state index < -0.39 is 5.97 Å². The Bertz CT molecular complexity index is 574. The molecule has 0 radical (unpaired) electrons. The zero-order chi connectivity index (χ0) is 16.2. The van der Waals surface area contributed by atoms with E-state index in [2.05, 4.69) is 10.2 Å². The summed E-state index contributed by atoms with van der Waals surface area (Å²) in [5.41, 5.74) is 0.529. The first-order valence-electron chi connectivity index (χ1n) is 8.00. The molecule has 0 bridgehead atoms. The minimum atomic E-state index is -0.422. The Morgan fingerprint density at radius 3 is 3.13 bits per heavy atom. The van der Waals surface area contributed by atoms with Gasteiger partial charge in [-0.25, -0.2) is 4.79 Å². The van der Waals surface area contributed by atoms with Crippen molar-refractivity contribution >= 4 is 28.9 Å². The van der Waals surface area contributed by atoms with E-state index in [-0.39, 0.29) is 12.0 Å². The van der Waals surface area contributed by atoms with Crippen LogP contribution in [0.5, 0.6) is 0 Å². The van der Waals surface area contributed by atoms with Crippen molar-refractivity contribution in [3.8, 4) is 0 Å². The summed E-state index contributed by atoms with van der Waals surface area (Å²) in [7, 11) is 1.34. The summed E-state index contributed by atoms with van der Waals surface area (Å²) in [5.74, 6) is -0.518. The summed E-state index contributed by atoms with van der Waals surface area (Å²) < 4.78 is 10.6. The lowest BCUT2D eigenvalue weighted by Gasteiger charge is -2.29. The molecule has 2 fully saturated rings. The van der Waals surface area contributed by atoms with Crippen LogP contribution in [0.25, 0.3) is 0 Å². The van der Waals surface area contributed by atoms with E-state index in [1.165, 1.54) is 18.4 Å². The van der Waals surface area contributed by atoms with Gasteiger partial charge in [-0.05, 0) is 37.1 Å². The molecule has 1 saturated heterocycles. The Kier molecular flexibility index (Phi) is 5.30. The Labute approximate surface area is 139 Å². The number of ether oxygens (including phenoxy) is 2. The van der Waals surface area contributed by atoms with Crippen molar-refractivity contribution in [3.05, 3.63) is 16.3 Å². The normalized spacial score (nSPS) is 24.7. The minimum absolute atomic E-state index is 0.0962. The summed E-state index contributed by atoms with van der Waals surface area (Å²) in [5, 5.41) is 4.61. The number of nitrogens with zero attached hydrogens (tertiary/aromatic N) is 1. The number of nitrogens with one attached hydrogen (secondary N) is 1. The van der Waals surface area contributed by atoms with E-state index in [4.69, 9.17) is 9.47 Å². The van der Waals surface area contributed by atoms with Gasteiger partial charge >= 0.3 is 5.97 Å². The second-order valence-electron chi connectivity index (χ2n) is 5.93. The molecule has 1 aliphatic carbocycles. The molecule has 0 unspecified atom stereocenters. The first-order chi connectivity index (χ1) is 11.2. The van der Waals surface area contributed by atoms with Gasteiger partial charge in [0, 0.05) is 19.2 Å². The SMILES string of the molecule is COC(=O)c1sccc1NC(=O)CN1CCCO[C@@H]2CCC[C@@H]21. The Hall–Kier alpha value is -1.44. The van der Waals surface area contributed by atoms with Crippen molar-refractivity contribution in [1.82, 2.24) is 4.90 Å². The van der Waals surface area contributed by atoms with Crippen molar-refractivity contribution in [1.29, 1.82) is 0 Å². The van der Waals surface area contributed by atoms with E-state index >= 15 is 0 Å². The number of thiophene rings is 1. The van der Waals surface area contributed by atoms with E-state index in [9.17, 15) is 9.59 Å². The third-order valence-corrected chi connectivity index (χ3v) is 5.36. The van der Waals surface area contributed by atoms with E-state index in [1.807, 2.05) is 0 Å². The highest BCUT2D eigenvalue weighted by atomic mass is 32.1. The van der Waals surface area contributed by atoms with Gasteiger partial charge in [0.15, 0.2) is 0 Å². The van der Waals surface area contributed by atoms with Crippen molar-refractivity contribution in [2.45, 2.75) is 37.8 Å². The Balaban J connectivity index is 1.62. The second-order valence-corrected chi connectivity index (χ2v) is 6.85. The Morgan fingerprint density at radius 1 is 1.43 bits per heavy atom. The van der Waals surface area contributed by atoms with E-state index in [0.717, 1.165) is 38.8 Å². The molecule has 1 amide bonds. The fraction of sp³-hybridized carbons (Fsp3) is 0.625. The number of carbonyl (C=O) groups excluding carboxylic acids is 2. The maximum atomic E-state index is 12.4. The van der Waals surface area contributed by atoms with Gasteiger partial charge in [0.05, 0.1) is 25.4 Å². The number of esters is 1. The van der Waals surface area contributed by atoms with Crippen LogP contribution in [0.15, 0.2) is 11.4 Å². The molecule has 7 heteroatoms. The maximum absolute atomic E-state index is 12.4. The van der Waals surface area contributed by atoms with Gasteiger partial charge in [-0.2, -0.15) is 0 Å². The lowest BCUT2D eigenvalue weighted by molar-refractivity contribution is -0.118. The summed E-state index contributed by atoms with van der Waals surface area (Å²) in [4.78, 5) is 26.7. The smallest absolute Gasteiger partial charge is 0.350 e. The van der Waals surface area contributed by atoms with Gasteiger partial charge in [0.25, 0.3) is 0 Å². The van der Waals surface area contributed by atoms with Crippen LogP contribution in [-0.4, -0.2) is 55.7 Å². The van der Waals surface area contributed by atoms with Crippen molar-refractivity contribution in [2.75, 3.05) is 32.1 Å². The first-order valence-corrected chi connectivity index (χ1v) is 8.88. The van der Waals surface area contributed by atoms with Crippen LogP contribution in [0.1, 0.15) is 35.4 Å². The van der Waals surface area contributed by atoms with Crippen LogP contribution in [0.4, 0.5) is 5.69 Å². The van der Waals surface area contributed by atoms with Gasteiger partial charge < -0.3 is 14.8 Å². The molecule has 0 aromatic carbocycles. The number of anilines is 1. The van der Waals surface area contributed by atoms with Crippen molar-refractivity contribution < 1.29 is 19.1 Å². The predicted octanol–water partition coefficient (Wildman–Crippen LogP) is 2.12. The average Bonchev–Trinajstić information content (AvgIpc) is 3.15. The number of hydrogen-bond donors (Lipinski definition) is 1. The van der Waals surface area contributed by atoms with Gasteiger partial charge in [-0.15, -0.1) is 11.3 Å². The summed E-state index contributed by atoms with van der Waals surface area (Å²) in [6.07, 6.45) is 4.54. The zero-order valence-corrected chi connectivity index (χ0v) is 14.1. The fourth-order valence-corrected chi connectivity index (χ4v) is 4.18. The summed E-state index contributed by atoms with van der Waals surface area (Å²) in [6.45, 7) is 1.99. The van der Waals surface area contributed by atoms with E-state index in [0.29, 0.717) is 23.2 Å². The molecular weight excluding hydrogens is 316 g/mol. The van der Waals surface area contributed by atoms with Crippen molar-refractivity contribution in [3.63, 3.8) is 0 Å². The van der Waals surface area contributed by atoms with Crippen molar-refractivity contribution in [2.24, 2.45) is 0 Å². The quantitative estimate of drug-likeness (QED) is 0.852.